The van der Waals surface area contributed by atoms with E-state index in [2.05, 4.69) is 50.3 Å². The number of hydrogen-bond donors (Lipinski definition) is 3. The van der Waals surface area contributed by atoms with Crippen molar-refractivity contribution in [3.63, 3.8) is 0 Å². The summed E-state index contributed by atoms with van der Waals surface area (Å²) in [7, 11) is -4.62. The van der Waals surface area contributed by atoms with E-state index in [0.717, 1.165) is 57.8 Å². The molecule has 0 fully saturated rings. The Balaban J connectivity index is 4.27. The zero-order chi connectivity index (χ0) is 40.5. The van der Waals surface area contributed by atoms with Crippen LogP contribution in [0, 0.1) is 0 Å². The van der Waals surface area contributed by atoms with Crippen LogP contribution in [0.2, 0.25) is 0 Å². The van der Waals surface area contributed by atoms with Crippen LogP contribution in [0.15, 0.2) is 36.5 Å². The number of carboxylic acids is 1. The summed E-state index contributed by atoms with van der Waals surface area (Å²) in [5.41, 5.74) is 5.35. The lowest BCUT2D eigenvalue weighted by atomic mass is 10.0. The molecule has 0 radical (unpaired) electrons. The van der Waals surface area contributed by atoms with E-state index in [4.69, 9.17) is 29.4 Å². The van der Waals surface area contributed by atoms with Crippen molar-refractivity contribution in [1.29, 1.82) is 0 Å². The summed E-state index contributed by atoms with van der Waals surface area (Å²) in [5.74, 6) is -1.80. The van der Waals surface area contributed by atoms with Crippen molar-refractivity contribution in [2.75, 3.05) is 26.4 Å². The summed E-state index contributed by atoms with van der Waals surface area (Å²) in [6, 6.07) is -1.48. The number of phosphoric ester groups is 1. The fraction of sp³-hybridized carbons (Fsp3) is 0.818. The van der Waals surface area contributed by atoms with Crippen LogP contribution in [0.25, 0.3) is 0 Å². The summed E-state index contributed by atoms with van der Waals surface area (Å²) >= 11 is 0. The molecule has 10 nitrogen and oxygen atoms in total. The molecular weight excluding hydrogens is 717 g/mol. The minimum Gasteiger partial charge on any atom is -0.480 e. The van der Waals surface area contributed by atoms with Crippen molar-refractivity contribution in [3.05, 3.63) is 36.5 Å². The van der Waals surface area contributed by atoms with Crippen LogP contribution in [0.3, 0.4) is 0 Å². The number of unbranched alkanes of at least 4 members (excludes halogenated alkanes) is 22. The highest BCUT2D eigenvalue weighted by atomic mass is 31.2. The molecule has 4 N–H and O–H groups in total. The van der Waals surface area contributed by atoms with E-state index in [1.807, 2.05) is 0 Å². The molecule has 11 heteroatoms. The molecule has 55 heavy (non-hydrogen) atoms. The highest BCUT2D eigenvalue weighted by molar-refractivity contribution is 7.47. The molecule has 0 aliphatic rings. The van der Waals surface area contributed by atoms with Crippen molar-refractivity contribution < 1.29 is 42.7 Å². The highest BCUT2D eigenvalue weighted by Crippen LogP contribution is 2.43. The lowest BCUT2D eigenvalue weighted by Crippen LogP contribution is -2.34. The third-order valence-electron chi connectivity index (χ3n) is 9.42. The standard InChI is InChI=1S/C44H82NO9P/c1-3-5-7-9-11-13-15-17-19-21-22-24-26-28-30-32-34-36-43(46)54-41(39-52-55(49,50)53-40-42(45)44(47)48)38-51-37-35-33-31-29-27-25-23-20-18-16-14-12-10-8-6-4-2/h11,13,17,19,22,24,41-42H,3-10,12,14-16,18,20-21,23,25-40,45H2,1-2H3,(H,47,48)(H,49,50)/b13-11-,19-17-,24-22-/t41-,42+/m1/s1. The van der Waals surface area contributed by atoms with Crippen molar-refractivity contribution in [2.24, 2.45) is 5.73 Å². The van der Waals surface area contributed by atoms with Crippen molar-refractivity contribution in [3.8, 4) is 0 Å². The van der Waals surface area contributed by atoms with Gasteiger partial charge in [-0.25, -0.2) is 4.57 Å². The molecule has 0 aromatic carbocycles. The van der Waals surface area contributed by atoms with Gasteiger partial charge in [-0.05, 0) is 51.4 Å². The molecule has 0 rings (SSSR count). The molecule has 0 spiro atoms. The first-order valence-corrected chi connectivity index (χ1v) is 23.5. The Morgan fingerprint density at radius 1 is 0.582 bits per heavy atom. The highest BCUT2D eigenvalue weighted by Gasteiger charge is 2.27. The number of carboxylic acid groups (broad SMARTS) is 1. The van der Waals surface area contributed by atoms with Gasteiger partial charge in [-0.15, -0.1) is 0 Å². The second-order valence-corrected chi connectivity index (χ2v) is 16.3. The van der Waals surface area contributed by atoms with E-state index in [-0.39, 0.29) is 13.0 Å². The number of allylic oxidation sites excluding steroid dienone is 6. The molecule has 0 saturated heterocycles. The number of esters is 1. The fourth-order valence-corrected chi connectivity index (χ4v) is 6.74. The lowest BCUT2D eigenvalue weighted by Gasteiger charge is -2.20. The molecule has 0 aromatic heterocycles. The molecule has 0 aliphatic carbocycles. The van der Waals surface area contributed by atoms with Gasteiger partial charge in [0.2, 0.25) is 0 Å². The number of aliphatic carboxylic acids is 1. The summed E-state index contributed by atoms with van der Waals surface area (Å²) in [4.78, 5) is 33.5. The van der Waals surface area contributed by atoms with Gasteiger partial charge in [0, 0.05) is 13.0 Å². The van der Waals surface area contributed by atoms with Crippen LogP contribution in [0.5, 0.6) is 0 Å². The van der Waals surface area contributed by atoms with Crippen LogP contribution in [-0.2, 0) is 32.7 Å². The Morgan fingerprint density at radius 3 is 1.53 bits per heavy atom. The van der Waals surface area contributed by atoms with Gasteiger partial charge in [0.1, 0.15) is 12.1 Å². The lowest BCUT2D eigenvalue weighted by molar-refractivity contribution is -0.154. The molecule has 0 aliphatic heterocycles. The summed E-state index contributed by atoms with van der Waals surface area (Å²) < 4.78 is 33.3. The van der Waals surface area contributed by atoms with Gasteiger partial charge in [-0.2, -0.15) is 0 Å². The Bertz CT molecular complexity index is 1020. The first-order valence-electron chi connectivity index (χ1n) is 22.0. The molecule has 0 saturated carbocycles. The molecule has 0 amide bonds. The van der Waals surface area contributed by atoms with Gasteiger partial charge in [0.25, 0.3) is 0 Å². The maximum Gasteiger partial charge on any atom is 0.472 e. The van der Waals surface area contributed by atoms with Gasteiger partial charge in [-0.3, -0.25) is 18.6 Å². The number of carbonyl (C=O) groups excluding carboxylic acids is 1. The Morgan fingerprint density at radius 2 is 1.00 bits per heavy atom. The summed E-state index contributed by atoms with van der Waals surface area (Å²) in [6.45, 7) is 3.84. The average molecular weight is 800 g/mol. The molecule has 3 atom stereocenters. The number of ether oxygens (including phenoxy) is 2. The fourth-order valence-electron chi connectivity index (χ4n) is 5.96. The molecule has 322 valence electrons. The van der Waals surface area contributed by atoms with Crippen LogP contribution in [0.4, 0.5) is 0 Å². The Kier molecular flexibility index (Phi) is 39.1. The minimum absolute atomic E-state index is 0.0103. The number of hydrogen-bond acceptors (Lipinski definition) is 8. The summed E-state index contributed by atoms with van der Waals surface area (Å²) in [6.07, 6.45) is 44.7. The number of nitrogens with two attached hydrogens (primary N) is 1. The predicted octanol–water partition coefficient (Wildman–Crippen LogP) is 12.1. The Hall–Kier alpha value is -1.81. The van der Waals surface area contributed by atoms with E-state index in [1.165, 1.54) is 109 Å². The van der Waals surface area contributed by atoms with E-state index in [9.17, 15) is 19.0 Å². The third kappa shape index (κ3) is 40.2. The van der Waals surface area contributed by atoms with Crippen LogP contribution >= 0.6 is 7.82 Å². The third-order valence-corrected chi connectivity index (χ3v) is 10.4. The van der Waals surface area contributed by atoms with Gasteiger partial charge in [0.15, 0.2) is 0 Å². The van der Waals surface area contributed by atoms with Gasteiger partial charge in [0.05, 0.1) is 19.8 Å². The monoisotopic (exact) mass is 800 g/mol. The van der Waals surface area contributed by atoms with Gasteiger partial charge >= 0.3 is 19.8 Å². The maximum absolute atomic E-state index is 12.6. The van der Waals surface area contributed by atoms with Crippen molar-refractivity contribution in [1.82, 2.24) is 0 Å². The maximum atomic E-state index is 12.6. The van der Waals surface area contributed by atoms with Gasteiger partial charge < -0.3 is 25.2 Å². The Labute approximate surface area is 336 Å². The number of rotatable bonds is 42. The second kappa shape index (κ2) is 40.4. The van der Waals surface area contributed by atoms with Crippen molar-refractivity contribution >= 4 is 19.8 Å². The topological polar surface area (TPSA) is 155 Å². The molecular formula is C44H82NO9P. The first kappa shape index (κ1) is 53.2. The molecule has 1 unspecified atom stereocenters. The first-order chi connectivity index (χ1) is 26.7. The number of phosphoric acid groups is 1. The summed E-state index contributed by atoms with van der Waals surface area (Å²) in [5, 5.41) is 8.89. The quantitative estimate of drug-likeness (QED) is 0.0235. The normalized spacial score (nSPS) is 14.3. The van der Waals surface area contributed by atoms with Crippen LogP contribution in [-0.4, -0.2) is 60.5 Å². The van der Waals surface area contributed by atoms with E-state index in [1.54, 1.807) is 0 Å². The van der Waals surface area contributed by atoms with Crippen LogP contribution in [0.1, 0.15) is 194 Å². The molecule has 0 heterocycles. The van der Waals surface area contributed by atoms with E-state index >= 15 is 0 Å². The second-order valence-electron chi connectivity index (χ2n) is 14.8. The zero-order valence-electron chi connectivity index (χ0n) is 35.0. The number of carbonyl (C=O) groups is 2. The van der Waals surface area contributed by atoms with Crippen molar-refractivity contribution in [2.45, 2.75) is 206 Å². The molecule has 0 bridgehead atoms. The van der Waals surface area contributed by atoms with Gasteiger partial charge in [-0.1, -0.05) is 172 Å². The largest absolute Gasteiger partial charge is 0.480 e. The molecule has 0 aromatic rings. The minimum atomic E-state index is -4.62. The SMILES string of the molecule is CCCCC/C=C\C/C=C\C/C=C\CCCCCCC(=O)O[C@H](COCCCCCCCCCCCCCCCCCC)COP(=O)(O)OC[C@H](N)C(=O)O. The van der Waals surface area contributed by atoms with E-state index < -0.39 is 45.1 Å². The average Bonchev–Trinajstić information content (AvgIpc) is 3.16. The zero-order valence-corrected chi connectivity index (χ0v) is 35.9. The van der Waals surface area contributed by atoms with E-state index in [0.29, 0.717) is 13.0 Å². The predicted molar refractivity (Wildman–Crippen MR) is 226 cm³/mol. The smallest absolute Gasteiger partial charge is 0.472 e. The van der Waals surface area contributed by atoms with Crippen LogP contribution < -0.4 is 5.73 Å².